The molecule has 4 aliphatic rings. The van der Waals surface area contributed by atoms with Gasteiger partial charge in [-0.25, -0.2) is 0 Å². The van der Waals surface area contributed by atoms with Crippen molar-refractivity contribution in [3.8, 4) is 0 Å². The van der Waals surface area contributed by atoms with E-state index < -0.39 is 0 Å². The third-order valence-electron chi connectivity index (χ3n) is 12.6. The van der Waals surface area contributed by atoms with Crippen molar-refractivity contribution in [3.05, 3.63) is 12.7 Å². The Morgan fingerprint density at radius 1 is 0.800 bits per heavy atom. The number of unbranched alkanes of at least 4 members (excludes halogenated alkanes) is 1. The molecule has 0 aromatic heterocycles. The minimum Gasteiger partial charge on any atom is -0.314 e. The third kappa shape index (κ3) is 8.41. The lowest BCUT2D eigenvalue weighted by molar-refractivity contribution is -0.134. The van der Waals surface area contributed by atoms with Crippen molar-refractivity contribution in [2.75, 3.05) is 7.05 Å². The first kappa shape index (κ1) is 37.7. The first-order valence-electron chi connectivity index (χ1n) is 18.4. The number of fused-ring (bicyclic) bond motifs is 5. The highest BCUT2D eigenvalue weighted by molar-refractivity contribution is 5.16. The van der Waals surface area contributed by atoms with Crippen LogP contribution in [0.2, 0.25) is 0 Å². The maximum atomic E-state index is 3.91. The minimum atomic E-state index is 0.452. The smallest absolute Gasteiger partial charge is 0.0234 e. The predicted molar refractivity (Wildman–Crippen MR) is 183 cm³/mol. The van der Waals surface area contributed by atoms with Gasteiger partial charge in [0.25, 0.3) is 0 Å². The highest BCUT2D eigenvalue weighted by Gasteiger charge is 2.63. The summed E-state index contributed by atoms with van der Waals surface area (Å²) in [7, 11) is 2.27. The van der Waals surface area contributed by atoms with E-state index in [1.807, 2.05) is 20.8 Å². The molecule has 1 N–H and O–H groups in total. The minimum absolute atomic E-state index is 0.452. The molecule has 0 amide bonds. The SMILES string of the molecule is C=CC.CC.CCCC(C)C1CCC2C3CCC4(NC)CCCCC4(C)C3CCC12C.CCCCC(C)CCC. The van der Waals surface area contributed by atoms with Crippen LogP contribution >= 0.6 is 0 Å². The molecule has 0 aromatic rings. The first-order chi connectivity index (χ1) is 19.1. The van der Waals surface area contributed by atoms with Gasteiger partial charge in [-0.3, -0.25) is 0 Å². The lowest BCUT2D eigenvalue weighted by Gasteiger charge is -2.65. The molecule has 0 radical (unpaired) electrons. The molecule has 4 rings (SSSR count). The summed E-state index contributed by atoms with van der Waals surface area (Å²) in [4.78, 5) is 0. The molecule has 4 fully saturated rings. The van der Waals surface area contributed by atoms with Crippen LogP contribution in [0.25, 0.3) is 0 Å². The molecule has 1 nitrogen and oxygen atoms in total. The van der Waals surface area contributed by atoms with Gasteiger partial charge in [-0.1, -0.05) is 126 Å². The highest BCUT2D eigenvalue weighted by atomic mass is 15.0. The Labute approximate surface area is 254 Å². The Kier molecular flexibility index (Phi) is 17.3. The third-order valence-corrected chi connectivity index (χ3v) is 12.6. The fourth-order valence-corrected chi connectivity index (χ4v) is 10.6. The fraction of sp³-hybridized carbons (Fsp3) is 0.949. The Morgan fingerprint density at radius 3 is 2.00 bits per heavy atom. The fourth-order valence-electron chi connectivity index (χ4n) is 10.6. The van der Waals surface area contributed by atoms with Gasteiger partial charge in [0.05, 0.1) is 0 Å². The van der Waals surface area contributed by atoms with Gasteiger partial charge >= 0.3 is 0 Å². The van der Waals surface area contributed by atoms with E-state index in [1.54, 1.807) is 12.5 Å². The molecular weight excluding hydrogens is 482 g/mol. The van der Waals surface area contributed by atoms with E-state index in [-0.39, 0.29) is 0 Å². The second-order valence-corrected chi connectivity index (χ2v) is 14.8. The van der Waals surface area contributed by atoms with Crippen LogP contribution in [0.15, 0.2) is 12.7 Å². The summed E-state index contributed by atoms with van der Waals surface area (Å²) in [5.41, 5.74) is 1.66. The molecule has 9 atom stereocenters. The summed E-state index contributed by atoms with van der Waals surface area (Å²) in [5.74, 6) is 5.95. The summed E-state index contributed by atoms with van der Waals surface area (Å²) in [6, 6.07) is 0. The summed E-state index contributed by atoms with van der Waals surface area (Å²) >= 11 is 0. The summed E-state index contributed by atoms with van der Waals surface area (Å²) < 4.78 is 0. The maximum absolute atomic E-state index is 3.91. The van der Waals surface area contributed by atoms with Crippen LogP contribution in [0.5, 0.6) is 0 Å². The first-order valence-corrected chi connectivity index (χ1v) is 18.4. The van der Waals surface area contributed by atoms with E-state index in [4.69, 9.17) is 0 Å². The average Bonchev–Trinajstić information content (AvgIpc) is 3.31. The van der Waals surface area contributed by atoms with Crippen molar-refractivity contribution in [2.45, 2.75) is 184 Å². The van der Waals surface area contributed by atoms with Crippen LogP contribution in [-0.4, -0.2) is 12.6 Å². The number of hydrogen-bond donors (Lipinski definition) is 1. The van der Waals surface area contributed by atoms with Crippen molar-refractivity contribution in [1.82, 2.24) is 5.32 Å². The molecule has 40 heavy (non-hydrogen) atoms. The molecule has 0 aliphatic heterocycles. The zero-order valence-corrected chi connectivity index (χ0v) is 29.8. The van der Waals surface area contributed by atoms with Gasteiger partial charge < -0.3 is 5.32 Å². The Morgan fingerprint density at radius 2 is 1.43 bits per heavy atom. The highest BCUT2D eigenvalue weighted by Crippen LogP contribution is 2.69. The van der Waals surface area contributed by atoms with Crippen molar-refractivity contribution < 1.29 is 0 Å². The van der Waals surface area contributed by atoms with Crippen molar-refractivity contribution in [2.24, 2.45) is 46.3 Å². The van der Waals surface area contributed by atoms with Crippen LogP contribution in [0.4, 0.5) is 0 Å². The summed E-state index contributed by atoms with van der Waals surface area (Å²) in [5, 5.41) is 3.91. The maximum Gasteiger partial charge on any atom is 0.0234 e. The van der Waals surface area contributed by atoms with Gasteiger partial charge in [-0.2, -0.15) is 0 Å². The molecule has 0 aromatic carbocycles. The Hall–Kier alpha value is -0.300. The van der Waals surface area contributed by atoms with Crippen LogP contribution in [0.3, 0.4) is 0 Å². The molecule has 0 bridgehead atoms. The second-order valence-electron chi connectivity index (χ2n) is 14.8. The second kappa shape index (κ2) is 18.4. The number of hydrogen-bond acceptors (Lipinski definition) is 1. The molecular formula is C39H77N. The van der Waals surface area contributed by atoms with Crippen molar-refractivity contribution >= 4 is 0 Å². The van der Waals surface area contributed by atoms with Crippen molar-refractivity contribution in [1.29, 1.82) is 0 Å². The quantitative estimate of drug-likeness (QED) is 0.277. The summed E-state index contributed by atoms with van der Waals surface area (Å²) in [6.07, 6.45) is 26.4. The molecule has 238 valence electrons. The molecule has 0 heterocycles. The largest absolute Gasteiger partial charge is 0.314 e. The van der Waals surface area contributed by atoms with Crippen LogP contribution in [-0.2, 0) is 0 Å². The number of nitrogens with one attached hydrogen (secondary N) is 1. The molecule has 1 heteroatoms. The lowest BCUT2D eigenvalue weighted by atomic mass is 9.42. The van der Waals surface area contributed by atoms with Gasteiger partial charge in [-0.15, -0.1) is 6.58 Å². The van der Waals surface area contributed by atoms with Gasteiger partial charge in [0.1, 0.15) is 0 Å². The standard InChI is InChI=1S/C25H45N.C9H20.C3H6.C2H6/c1-6-9-18(2)20-10-11-21-19-12-17-25(26-5)15-8-7-14-24(25,4)22(19)13-16-23(20,21)3;1-4-6-8-9(3)7-5-2;1-3-2;1-2/h18-22,26H,6-17H2,1-5H3;9H,4-8H2,1-3H3;3H,1H2,2H3;1-2H3. The number of rotatable bonds is 9. The average molecular weight is 560 g/mol. The molecule has 0 saturated heterocycles. The lowest BCUT2D eigenvalue weighted by Crippen LogP contribution is -2.66. The van der Waals surface area contributed by atoms with E-state index >= 15 is 0 Å². The van der Waals surface area contributed by atoms with Gasteiger partial charge in [-0.05, 0) is 112 Å². The van der Waals surface area contributed by atoms with Crippen LogP contribution in [0, 0.1) is 46.3 Å². The normalized spacial score (nSPS) is 37.4. The number of allylic oxidation sites excluding steroid dienone is 1. The zero-order valence-electron chi connectivity index (χ0n) is 29.8. The Bertz CT molecular complexity index is 670. The van der Waals surface area contributed by atoms with Crippen molar-refractivity contribution in [3.63, 3.8) is 0 Å². The zero-order chi connectivity index (χ0) is 30.4. The van der Waals surface area contributed by atoms with E-state index in [0.717, 1.165) is 35.5 Å². The van der Waals surface area contributed by atoms with Gasteiger partial charge in [0.15, 0.2) is 0 Å². The van der Waals surface area contributed by atoms with Gasteiger partial charge in [0.2, 0.25) is 0 Å². The molecule has 9 unspecified atom stereocenters. The van der Waals surface area contributed by atoms with E-state index in [9.17, 15) is 0 Å². The predicted octanol–water partition coefficient (Wildman–Crippen LogP) is 12.6. The molecule has 4 saturated carbocycles. The topological polar surface area (TPSA) is 12.0 Å². The van der Waals surface area contributed by atoms with Crippen LogP contribution in [0.1, 0.15) is 178 Å². The van der Waals surface area contributed by atoms with E-state index in [1.165, 1.54) is 103 Å². The summed E-state index contributed by atoms with van der Waals surface area (Å²) in [6.45, 7) is 26.5. The molecule has 4 aliphatic carbocycles. The monoisotopic (exact) mass is 560 g/mol. The Balaban J connectivity index is 0.000000482. The van der Waals surface area contributed by atoms with Crippen LogP contribution < -0.4 is 5.32 Å². The molecule has 0 spiro atoms. The van der Waals surface area contributed by atoms with Gasteiger partial charge in [0, 0.05) is 5.54 Å². The van der Waals surface area contributed by atoms with E-state index in [0.29, 0.717) is 16.4 Å². The van der Waals surface area contributed by atoms with E-state index in [2.05, 4.69) is 67.4 Å².